The SMILES string of the molecule is CC1(C)c2ccccc2-c2ccc(N(c3ccccc3)c3ccccc3-c3ccc4c(c3)N(c3ccccc3)c3ccccc3C4(C)C)cc21. The number of hydrogen-bond acceptors (Lipinski definition) is 2. The molecule has 242 valence electrons. The van der Waals surface area contributed by atoms with Crippen molar-refractivity contribution in [1.82, 2.24) is 0 Å². The first-order valence-corrected chi connectivity index (χ1v) is 17.6. The average Bonchev–Trinajstić information content (AvgIpc) is 3.38. The summed E-state index contributed by atoms with van der Waals surface area (Å²) in [5.74, 6) is 0. The van der Waals surface area contributed by atoms with Crippen molar-refractivity contribution in [2.75, 3.05) is 9.80 Å². The molecule has 1 aliphatic heterocycles. The van der Waals surface area contributed by atoms with Crippen molar-refractivity contribution in [2.45, 2.75) is 38.5 Å². The maximum Gasteiger partial charge on any atom is 0.0540 e. The zero-order chi connectivity index (χ0) is 34.0. The van der Waals surface area contributed by atoms with Gasteiger partial charge in [0, 0.05) is 33.5 Å². The molecule has 0 saturated heterocycles. The fraction of sp³-hybridized carbons (Fsp3) is 0.125. The van der Waals surface area contributed by atoms with Gasteiger partial charge in [-0.05, 0) is 93.5 Å². The zero-order valence-electron chi connectivity index (χ0n) is 29.1. The van der Waals surface area contributed by atoms with E-state index in [0.717, 1.165) is 22.7 Å². The van der Waals surface area contributed by atoms with Crippen LogP contribution >= 0.6 is 0 Å². The molecular formula is C48H40N2. The topological polar surface area (TPSA) is 6.48 Å². The molecule has 0 amide bonds. The lowest BCUT2D eigenvalue weighted by Gasteiger charge is -2.42. The first kappa shape index (κ1) is 30.2. The Labute approximate surface area is 295 Å². The van der Waals surface area contributed by atoms with Crippen molar-refractivity contribution in [3.05, 3.63) is 192 Å². The zero-order valence-corrected chi connectivity index (χ0v) is 29.1. The summed E-state index contributed by atoms with van der Waals surface area (Å²) in [6.45, 7) is 9.41. The van der Waals surface area contributed by atoms with E-state index in [2.05, 4.69) is 207 Å². The largest absolute Gasteiger partial charge is 0.310 e. The fourth-order valence-corrected chi connectivity index (χ4v) is 8.49. The third kappa shape index (κ3) is 4.55. The van der Waals surface area contributed by atoms with E-state index in [9.17, 15) is 0 Å². The predicted molar refractivity (Wildman–Crippen MR) is 211 cm³/mol. The lowest BCUT2D eigenvalue weighted by Crippen LogP contribution is -2.30. The minimum absolute atomic E-state index is 0.0910. The van der Waals surface area contributed by atoms with Gasteiger partial charge < -0.3 is 9.80 Å². The van der Waals surface area contributed by atoms with Crippen LogP contribution in [0, 0.1) is 0 Å². The van der Waals surface area contributed by atoms with E-state index < -0.39 is 0 Å². The molecule has 9 rings (SSSR count). The third-order valence-corrected chi connectivity index (χ3v) is 11.0. The maximum atomic E-state index is 2.44. The second kappa shape index (κ2) is 11.4. The molecule has 7 aromatic rings. The van der Waals surface area contributed by atoms with Gasteiger partial charge in [0.25, 0.3) is 0 Å². The van der Waals surface area contributed by atoms with Gasteiger partial charge in [-0.25, -0.2) is 0 Å². The molecule has 0 radical (unpaired) electrons. The molecule has 1 heterocycles. The fourth-order valence-electron chi connectivity index (χ4n) is 8.49. The summed E-state index contributed by atoms with van der Waals surface area (Å²) in [6, 6.07) is 62.3. The summed E-state index contributed by atoms with van der Waals surface area (Å²) in [5, 5.41) is 0. The molecule has 0 fully saturated rings. The Balaban J connectivity index is 1.23. The number of anilines is 6. The molecule has 2 nitrogen and oxygen atoms in total. The third-order valence-electron chi connectivity index (χ3n) is 11.0. The van der Waals surface area contributed by atoms with Crippen molar-refractivity contribution in [3.63, 3.8) is 0 Å². The molecule has 0 unspecified atom stereocenters. The van der Waals surface area contributed by atoms with Crippen LogP contribution in [0.5, 0.6) is 0 Å². The van der Waals surface area contributed by atoms with Gasteiger partial charge in [0.05, 0.1) is 17.1 Å². The van der Waals surface area contributed by atoms with Gasteiger partial charge in [0.15, 0.2) is 0 Å². The Morgan fingerprint density at radius 3 is 1.76 bits per heavy atom. The van der Waals surface area contributed by atoms with E-state index >= 15 is 0 Å². The molecule has 0 spiro atoms. The average molecular weight is 645 g/mol. The Kier molecular flexibility index (Phi) is 6.86. The minimum Gasteiger partial charge on any atom is -0.310 e. The molecule has 0 bridgehead atoms. The van der Waals surface area contributed by atoms with Crippen molar-refractivity contribution in [2.24, 2.45) is 0 Å². The van der Waals surface area contributed by atoms with Gasteiger partial charge >= 0.3 is 0 Å². The first-order chi connectivity index (χ1) is 24.3. The van der Waals surface area contributed by atoms with Crippen molar-refractivity contribution in [1.29, 1.82) is 0 Å². The molecule has 1 aliphatic carbocycles. The summed E-state index contributed by atoms with van der Waals surface area (Å²) in [7, 11) is 0. The van der Waals surface area contributed by atoms with E-state index in [0.29, 0.717) is 0 Å². The van der Waals surface area contributed by atoms with Crippen molar-refractivity contribution >= 4 is 34.1 Å². The van der Waals surface area contributed by atoms with Crippen molar-refractivity contribution in [3.8, 4) is 22.3 Å². The quantitative estimate of drug-likeness (QED) is 0.184. The summed E-state index contributed by atoms with van der Waals surface area (Å²) < 4.78 is 0. The number of hydrogen-bond donors (Lipinski definition) is 0. The summed E-state index contributed by atoms with van der Waals surface area (Å²) in [6.07, 6.45) is 0. The Morgan fingerprint density at radius 1 is 0.400 bits per heavy atom. The number of rotatable bonds is 5. The van der Waals surface area contributed by atoms with Crippen LogP contribution in [-0.2, 0) is 10.8 Å². The van der Waals surface area contributed by atoms with E-state index in [1.54, 1.807) is 0 Å². The molecule has 2 heteroatoms. The molecule has 7 aromatic carbocycles. The van der Waals surface area contributed by atoms with Gasteiger partial charge in [-0.3, -0.25) is 0 Å². The molecule has 0 atom stereocenters. The van der Waals surface area contributed by atoms with Gasteiger partial charge in [-0.15, -0.1) is 0 Å². The molecule has 0 N–H and O–H groups in total. The van der Waals surface area contributed by atoms with Crippen LogP contribution in [0.4, 0.5) is 34.1 Å². The lowest BCUT2D eigenvalue weighted by atomic mass is 9.73. The minimum atomic E-state index is -0.153. The number of benzene rings is 7. The van der Waals surface area contributed by atoms with E-state index in [1.165, 1.54) is 55.9 Å². The smallest absolute Gasteiger partial charge is 0.0540 e. The molecule has 0 saturated carbocycles. The lowest BCUT2D eigenvalue weighted by molar-refractivity contribution is 0.632. The highest BCUT2D eigenvalue weighted by Gasteiger charge is 2.38. The first-order valence-electron chi connectivity index (χ1n) is 17.6. The Morgan fingerprint density at radius 2 is 0.980 bits per heavy atom. The predicted octanol–water partition coefficient (Wildman–Crippen LogP) is 13.2. The highest BCUT2D eigenvalue weighted by molar-refractivity contribution is 5.93. The van der Waals surface area contributed by atoms with Crippen LogP contribution < -0.4 is 9.80 Å². The highest BCUT2D eigenvalue weighted by Crippen LogP contribution is 2.54. The second-order valence-corrected chi connectivity index (χ2v) is 14.6. The number of fused-ring (bicyclic) bond motifs is 5. The van der Waals surface area contributed by atoms with Crippen molar-refractivity contribution < 1.29 is 0 Å². The van der Waals surface area contributed by atoms with Gasteiger partial charge in [0.2, 0.25) is 0 Å². The van der Waals surface area contributed by atoms with Crippen LogP contribution in [0.2, 0.25) is 0 Å². The van der Waals surface area contributed by atoms with E-state index in [4.69, 9.17) is 0 Å². The van der Waals surface area contributed by atoms with Gasteiger partial charge in [-0.2, -0.15) is 0 Å². The Hall–Kier alpha value is -5.86. The second-order valence-electron chi connectivity index (χ2n) is 14.6. The highest BCUT2D eigenvalue weighted by atomic mass is 15.2. The molecule has 0 aromatic heterocycles. The Bertz CT molecular complexity index is 2390. The van der Waals surface area contributed by atoms with E-state index in [1.807, 2.05) is 0 Å². The summed E-state index contributed by atoms with van der Waals surface area (Å²) in [4.78, 5) is 4.87. The number of nitrogens with zero attached hydrogens (tertiary/aromatic N) is 2. The van der Waals surface area contributed by atoms with Crippen LogP contribution in [-0.4, -0.2) is 0 Å². The van der Waals surface area contributed by atoms with Crippen LogP contribution in [0.15, 0.2) is 170 Å². The van der Waals surface area contributed by atoms with Crippen LogP contribution in [0.25, 0.3) is 22.3 Å². The maximum absolute atomic E-state index is 2.44. The van der Waals surface area contributed by atoms with Gasteiger partial charge in [0.1, 0.15) is 0 Å². The summed E-state index contributed by atoms with van der Waals surface area (Å²) in [5.41, 5.74) is 17.2. The van der Waals surface area contributed by atoms with Gasteiger partial charge in [-0.1, -0.05) is 143 Å². The summed E-state index contributed by atoms with van der Waals surface area (Å²) >= 11 is 0. The standard InChI is InChI=1S/C48H40N2/c1-47(2)40-23-13-11-22-38(40)39-29-28-36(32-43(39)47)49(34-17-7-5-8-18-34)44-25-15-12-21-37(44)33-27-30-42-46(31-33)50(35-19-9-6-10-20-35)45-26-16-14-24-41(45)48(42,3)4/h5-32H,1-4H3. The van der Waals surface area contributed by atoms with E-state index in [-0.39, 0.29) is 10.8 Å². The molecule has 2 aliphatic rings. The van der Waals surface area contributed by atoms with Crippen LogP contribution in [0.1, 0.15) is 49.9 Å². The molecular weight excluding hydrogens is 605 g/mol. The van der Waals surface area contributed by atoms with Crippen LogP contribution in [0.3, 0.4) is 0 Å². The normalized spacial score (nSPS) is 14.7. The molecule has 50 heavy (non-hydrogen) atoms. The number of para-hydroxylation sites is 4. The monoisotopic (exact) mass is 644 g/mol.